The number of hydrogen-bond donors (Lipinski definition) is 2. The zero-order chi connectivity index (χ0) is 15.9. The Kier molecular flexibility index (Phi) is 2.66. The molecule has 5 aromatic heterocycles. The average molecular weight is 315 g/mol. The van der Waals surface area contributed by atoms with Gasteiger partial charge in [0.15, 0.2) is 5.82 Å². The molecule has 0 bridgehead atoms. The fraction of sp³-hybridized carbons (Fsp3) is 0. The molecule has 7 nitrogen and oxygen atoms in total. The van der Waals surface area contributed by atoms with Crippen molar-refractivity contribution in [3.63, 3.8) is 0 Å². The number of hydrogen-bond acceptors (Lipinski definition) is 3. The van der Waals surface area contributed by atoms with Crippen molar-refractivity contribution in [2.24, 2.45) is 0 Å². The Morgan fingerprint density at radius 1 is 0.833 bits per heavy atom. The topological polar surface area (TPSA) is 80.1 Å². The lowest BCUT2D eigenvalue weighted by molar-refractivity contribution is 1.01. The standard InChI is InChI=1S/C17H13N7/c1-2-5-18-12(3-1)14-8-24(10-21-14)16-9-23(11-22-16)15-7-20-13-4-6-19-17(13)15/h1-11,19-20H. The molecule has 116 valence electrons. The zero-order valence-corrected chi connectivity index (χ0v) is 12.6. The third kappa shape index (κ3) is 1.95. The van der Waals surface area contributed by atoms with Crippen molar-refractivity contribution >= 4 is 11.0 Å². The van der Waals surface area contributed by atoms with Crippen LogP contribution in [0, 0.1) is 0 Å². The van der Waals surface area contributed by atoms with Gasteiger partial charge in [-0.2, -0.15) is 0 Å². The van der Waals surface area contributed by atoms with Crippen molar-refractivity contribution in [2.75, 3.05) is 0 Å². The molecule has 5 rings (SSSR count). The maximum atomic E-state index is 4.48. The number of pyridine rings is 1. The summed E-state index contributed by atoms with van der Waals surface area (Å²) in [6.45, 7) is 0. The van der Waals surface area contributed by atoms with Gasteiger partial charge in [0.2, 0.25) is 0 Å². The number of H-pyrrole nitrogens is 2. The molecule has 0 atom stereocenters. The Hall–Kier alpha value is -3.61. The number of fused-ring (bicyclic) bond motifs is 1. The second-order valence-corrected chi connectivity index (χ2v) is 5.46. The summed E-state index contributed by atoms with van der Waals surface area (Å²) in [5.74, 6) is 0.797. The first-order chi connectivity index (χ1) is 11.9. The normalized spacial score (nSPS) is 11.3. The number of nitrogens with one attached hydrogen (secondary N) is 2. The van der Waals surface area contributed by atoms with E-state index in [1.807, 2.05) is 58.2 Å². The van der Waals surface area contributed by atoms with Crippen LogP contribution in [0.3, 0.4) is 0 Å². The van der Waals surface area contributed by atoms with Crippen molar-refractivity contribution in [3.05, 3.63) is 67.9 Å². The van der Waals surface area contributed by atoms with Crippen LogP contribution in [0.25, 0.3) is 33.9 Å². The van der Waals surface area contributed by atoms with Gasteiger partial charge in [0.25, 0.3) is 0 Å². The van der Waals surface area contributed by atoms with E-state index in [9.17, 15) is 0 Å². The molecule has 0 saturated carbocycles. The minimum atomic E-state index is 0.797. The average Bonchev–Trinajstić information content (AvgIpc) is 3.37. The predicted octanol–water partition coefficient (Wildman–Crippen LogP) is 2.93. The van der Waals surface area contributed by atoms with E-state index in [-0.39, 0.29) is 0 Å². The summed E-state index contributed by atoms with van der Waals surface area (Å²) in [7, 11) is 0. The van der Waals surface area contributed by atoms with Gasteiger partial charge in [0.1, 0.15) is 18.3 Å². The van der Waals surface area contributed by atoms with Gasteiger partial charge >= 0.3 is 0 Å². The Balaban J connectivity index is 1.52. The van der Waals surface area contributed by atoms with Crippen molar-refractivity contribution in [2.45, 2.75) is 0 Å². The van der Waals surface area contributed by atoms with E-state index < -0.39 is 0 Å². The first-order valence-electron chi connectivity index (χ1n) is 7.53. The minimum Gasteiger partial charge on any atom is -0.358 e. The molecule has 0 saturated heterocycles. The van der Waals surface area contributed by atoms with Crippen molar-refractivity contribution < 1.29 is 0 Å². The lowest BCUT2D eigenvalue weighted by Crippen LogP contribution is -1.91. The highest BCUT2D eigenvalue weighted by Gasteiger charge is 2.10. The van der Waals surface area contributed by atoms with Crippen LogP contribution in [0.2, 0.25) is 0 Å². The van der Waals surface area contributed by atoms with Gasteiger partial charge in [-0.15, -0.1) is 0 Å². The van der Waals surface area contributed by atoms with Crippen LogP contribution in [-0.4, -0.2) is 34.1 Å². The lowest BCUT2D eigenvalue weighted by atomic mass is 10.3. The molecule has 0 fully saturated rings. The van der Waals surface area contributed by atoms with E-state index in [0.717, 1.165) is 33.9 Å². The van der Waals surface area contributed by atoms with Crippen LogP contribution < -0.4 is 0 Å². The second-order valence-electron chi connectivity index (χ2n) is 5.46. The Bertz CT molecular complexity index is 1110. The molecule has 0 amide bonds. The first-order valence-corrected chi connectivity index (χ1v) is 7.53. The molecular formula is C17H13N7. The SMILES string of the molecule is c1ccc(-c2cn(-c3cn(-c4c[nH]c5cc[nH]c45)cn3)cn2)nc1. The Morgan fingerprint density at radius 3 is 2.71 bits per heavy atom. The molecule has 0 aliphatic heterocycles. The molecule has 0 radical (unpaired) electrons. The van der Waals surface area contributed by atoms with E-state index in [1.165, 1.54) is 0 Å². The summed E-state index contributed by atoms with van der Waals surface area (Å²) in [4.78, 5) is 19.7. The maximum absolute atomic E-state index is 4.48. The van der Waals surface area contributed by atoms with Crippen LogP contribution in [0.5, 0.6) is 0 Å². The molecule has 2 N–H and O–H groups in total. The van der Waals surface area contributed by atoms with Gasteiger partial charge in [0, 0.05) is 24.8 Å². The highest BCUT2D eigenvalue weighted by Crippen LogP contribution is 2.21. The van der Waals surface area contributed by atoms with Gasteiger partial charge in [-0.3, -0.25) is 9.55 Å². The van der Waals surface area contributed by atoms with Crippen LogP contribution in [0.4, 0.5) is 0 Å². The number of imidazole rings is 2. The van der Waals surface area contributed by atoms with E-state index >= 15 is 0 Å². The number of nitrogens with zero attached hydrogens (tertiary/aromatic N) is 5. The molecule has 7 heteroatoms. The predicted molar refractivity (Wildman–Crippen MR) is 90.1 cm³/mol. The first kappa shape index (κ1) is 12.9. The van der Waals surface area contributed by atoms with Crippen LogP contribution in [0.1, 0.15) is 0 Å². The molecule has 5 aromatic rings. The van der Waals surface area contributed by atoms with Gasteiger partial charge in [0.05, 0.1) is 28.6 Å². The Labute approximate surface area is 136 Å². The van der Waals surface area contributed by atoms with Gasteiger partial charge in [-0.1, -0.05) is 6.07 Å². The summed E-state index contributed by atoms with van der Waals surface area (Å²) in [6, 6.07) is 7.78. The third-order valence-electron chi connectivity index (χ3n) is 3.99. The summed E-state index contributed by atoms with van der Waals surface area (Å²) in [5, 5.41) is 0. The third-order valence-corrected chi connectivity index (χ3v) is 3.99. The van der Waals surface area contributed by atoms with Gasteiger partial charge < -0.3 is 14.5 Å². The molecule has 0 aliphatic rings. The fourth-order valence-corrected chi connectivity index (χ4v) is 2.80. The van der Waals surface area contributed by atoms with Crippen LogP contribution in [0.15, 0.2) is 67.9 Å². The number of rotatable bonds is 3. The minimum absolute atomic E-state index is 0.797. The van der Waals surface area contributed by atoms with E-state index in [4.69, 9.17) is 0 Å². The molecule has 5 heterocycles. The van der Waals surface area contributed by atoms with E-state index in [2.05, 4.69) is 24.9 Å². The van der Waals surface area contributed by atoms with Crippen molar-refractivity contribution in [1.82, 2.24) is 34.1 Å². The quantitative estimate of drug-likeness (QED) is 0.537. The highest BCUT2D eigenvalue weighted by atomic mass is 15.2. The molecular weight excluding hydrogens is 302 g/mol. The summed E-state index contributed by atoms with van der Waals surface area (Å²) >= 11 is 0. The second kappa shape index (κ2) is 4.95. The Morgan fingerprint density at radius 2 is 1.79 bits per heavy atom. The van der Waals surface area contributed by atoms with Crippen molar-refractivity contribution in [1.29, 1.82) is 0 Å². The van der Waals surface area contributed by atoms with Crippen LogP contribution in [-0.2, 0) is 0 Å². The van der Waals surface area contributed by atoms with Crippen molar-refractivity contribution in [3.8, 4) is 22.9 Å². The molecule has 0 aromatic carbocycles. The lowest BCUT2D eigenvalue weighted by Gasteiger charge is -1.97. The number of aromatic nitrogens is 7. The monoisotopic (exact) mass is 315 g/mol. The van der Waals surface area contributed by atoms with Gasteiger partial charge in [-0.05, 0) is 18.2 Å². The molecule has 24 heavy (non-hydrogen) atoms. The molecule has 0 aliphatic carbocycles. The highest BCUT2D eigenvalue weighted by molar-refractivity contribution is 5.84. The summed E-state index contributed by atoms with van der Waals surface area (Å²) in [6.07, 6.45) is 13.1. The van der Waals surface area contributed by atoms with E-state index in [1.54, 1.807) is 18.9 Å². The smallest absolute Gasteiger partial charge is 0.156 e. The summed E-state index contributed by atoms with van der Waals surface area (Å²) in [5.41, 5.74) is 4.81. The maximum Gasteiger partial charge on any atom is 0.156 e. The largest absolute Gasteiger partial charge is 0.358 e. The summed E-state index contributed by atoms with van der Waals surface area (Å²) < 4.78 is 3.87. The molecule has 0 spiro atoms. The molecule has 0 unspecified atom stereocenters. The van der Waals surface area contributed by atoms with Crippen LogP contribution >= 0.6 is 0 Å². The zero-order valence-electron chi connectivity index (χ0n) is 12.6. The number of aromatic amines is 2. The van der Waals surface area contributed by atoms with Gasteiger partial charge in [-0.25, -0.2) is 9.97 Å². The fourth-order valence-electron chi connectivity index (χ4n) is 2.80. The van der Waals surface area contributed by atoms with E-state index in [0.29, 0.717) is 0 Å².